The minimum atomic E-state index is -0.429. The van der Waals surface area contributed by atoms with E-state index in [1.54, 1.807) is 66.7 Å². The van der Waals surface area contributed by atoms with E-state index in [1.807, 2.05) is 6.07 Å². The molecule has 1 heterocycles. The van der Waals surface area contributed by atoms with E-state index in [0.717, 1.165) is 20.5 Å². The number of benzene rings is 3. The summed E-state index contributed by atoms with van der Waals surface area (Å²) in [7, 11) is 0. The van der Waals surface area contributed by atoms with Crippen molar-refractivity contribution in [1.29, 1.82) is 0 Å². The summed E-state index contributed by atoms with van der Waals surface area (Å²) in [6, 6.07) is 20.8. The molecule has 0 amide bonds. The van der Waals surface area contributed by atoms with E-state index in [2.05, 4.69) is 0 Å². The van der Waals surface area contributed by atoms with Gasteiger partial charge in [0, 0.05) is 20.5 Å². The second kappa shape index (κ2) is 7.29. The second-order valence-corrected chi connectivity index (χ2v) is 7.37. The fourth-order valence-electron chi connectivity index (χ4n) is 3.05. The summed E-state index contributed by atoms with van der Waals surface area (Å²) in [5, 5.41) is 10.3. The van der Waals surface area contributed by atoms with Crippen molar-refractivity contribution >= 4 is 33.2 Å². The first-order valence-electron chi connectivity index (χ1n) is 8.67. The van der Waals surface area contributed by atoms with E-state index in [9.17, 15) is 14.7 Å². The third-order valence-corrected chi connectivity index (χ3v) is 5.56. The summed E-state index contributed by atoms with van der Waals surface area (Å²) >= 11 is 1.45. The highest BCUT2D eigenvalue weighted by Gasteiger charge is 2.18. The minimum Gasteiger partial charge on any atom is -0.508 e. The number of phenols is 1. The molecule has 138 valence electrons. The molecule has 28 heavy (non-hydrogen) atoms. The van der Waals surface area contributed by atoms with Crippen LogP contribution in [-0.2, 0) is 0 Å². The van der Waals surface area contributed by atoms with Gasteiger partial charge in [0.25, 0.3) is 0 Å². The van der Waals surface area contributed by atoms with E-state index in [0.29, 0.717) is 16.9 Å². The van der Waals surface area contributed by atoms with Crippen molar-refractivity contribution in [2.24, 2.45) is 0 Å². The van der Waals surface area contributed by atoms with Crippen LogP contribution in [0.2, 0.25) is 0 Å². The molecule has 0 saturated carbocycles. The standard InChI is InChI=1S/C23H16O4S/c1-14(24)21-19-12-11-18(27-23(26)16-5-3-2-4-6-16)13-20(19)28-22(21)15-7-9-17(25)10-8-15/h2-13,25H,1H3. The number of hydrogen-bond donors (Lipinski definition) is 1. The molecular formula is C23H16O4S. The van der Waals surface area contributed by atoms with Gasteiger partial charge in [0.05, 0.1) is 5.56 Å². The van der Waals surface area contributed by atoms with Gasteiger partial charge in [-0.1, -0.05) is 18.2 Å². The highest BCUT2D eigenvalue weighted by Crippen LogP contribution is 2.40. The number of fused-ring (bicyclic) bond motifs is 1. The van der Waals surface area contributed by atoms with Gasteiger partial charge in [-0.15, -0.1) is 11.3 Å². The maximum absolute atomic E-state index is 12.3. The summed E-state index contributed by atoms with van der Waals surface area (Å²) in [5.41, 5.74) is 1.96. The van der Waals surface area contributed by atoms with E-state index >= 15 is 0 Å². The van der Waals surface area contributed by atoms with Crippen molar-refractivity contribution in [2.75, 3.05) is 0 Å². The topological polar surface area (TPSA) is 63.6 Å². The number of carbonyl (C=O) groups excluding carboxylic acids is 2. The predicted octanol–water partition coefficient (Wildman–Crippen LogP) is 5.70. The molecule has 4 aromatic rings. The van der Waals surface area contributed by atoms with Gasteiger partial charge in [0.1, 0.15) is 11.5 Å². The largest absolute Gasteiger partial charge is 0.508 e. The summed E-state index contributed by atoms with van der Waals surface area (Å²) < 4.78 is 6.34. The SMILES string of the molecule is CC(=O)c1c(-c2ccc(O)cc2)sc2cc(OC(=O)c3ccccc3)ccc12. The lowest BCUT2D eigenvalue weighted by Gasteiger charge is -2.04. The van der Waals surface area contributed by atoms with Crippen LogP contribution in [-0.4, -0.2) is 16.9 Å². The molecule has 0 atom stereocenters. The molecule has 0 fully saturated rings. The summed E-state index contributed by atoms with van der Waals surface area (Å²) in [6.07, 6.45) is 0. The molecule has 0 unspecified atom stereocenters. The third kappa shape index (κ3) is 3.40. The Bertz CT molecular complexity index is 1170. The van der Waals surface area contributed by atoms with Crippen LogP contribution in [0.25, 0.3) is 20.5 Å². The van der Waals surface area contributed by atoms with Crippen LogP contribution in [0.1, 0.15) is 27.6 Å². The molecule has 4 nitrogen and oxygen atoms in total. The van der Waals surface area contributed by atoms with E-state index in [4.69, 9.17) is 4.74 Å². The molecular weight excluding hydrogens is 372 g/mol. The average Bonchev–Trinajstić information content (AvgIpc) is 3.08. The number of Topliss-reactive ketones (excluding diaryl/α,β-unsaturated/α-hetero) is 1. The van der Waals surface area contributed by atoms with Crippen molar-refractivity contribution in [3.05, 3.63) is 83.9 Å². The number of esters is 1. The van der Waals surface area contributed by atoms with Gasteiger partial charge < -0.3 is 9.84 Å². The van der Waals surface area contributed by atoms with Crippen molar-refractivity contribution < 1.29 is 19.4 Å². The normalized spacial score (nSPS) is 10.8. The Morgan fingerprint density at radius 1 is 0.929 bits per heavy atom. The first-order valence-corrected chi connectivity index (χ1v) is 9.48. The first-order chi connectivity index (χ1) is 13.5. The number of thiophene rings is 1. The predicted molar refractivity (Wildman–Crippen MR) is 110 cm³/mol. The lowest BCUT2D eigenvalue weighted by molar-refractivity contribution is 0.0734. The van der Waals surface area contributed by atoms with Crippen molar-refractivity contribution in [2.45, 2.75) is 6.92 Å². The monoisotopic (exact) mass is 388 g/mol. The maximum Gasteiger partial charge on any atom is 0.343 e. The Hall–Kier alpha value is -3.44. The number of hydrogen-bond acceptors (Lipinski definition) is 5. The van der Waals surface area contributed by atoms with Crippen LogP contribution in [0.4, 0.5) is 0 Å². The molecule has 0 saturated heterocycles. The number of ether oxygens (including phenoxy) is 1. The molecule has 1 aromatic heterocycles. The molecule has 0 spiro atoms. The Balaban J connectivity index is 1.75. The van der Waals surface area contributed by atoms with Crippen LogP contribution in [0.3, 0.4) is 0 Å². The van der Waals surface area contributed by atoms with Gasteiger partial charge in [-0.25, -0.2) is 4.79 Å². The van der Waals surface area contributed by atoms with E-state index in [1.165, 1.54) is 18.3 Å². The zero-order valence-electron chi connectivity index (χ0n) is 15.0. The third-order valence-electron chi connectivity index (χ3n) is 4.36. The molecule has 0 aliphatic carbocycles. The first kappa shape index (κ1) is 17.9. The summed E-state index contributed by atoms with van der Waals surface area (Å²) in [4.78, 5) is 25.4. The van der Waals surface area contributed by atoms with Crippen LogP contribution in [0.5, 0.6) is 11.5 Å². The zero-order valence-corrected chi connectivity index (χ0v) is 15.8. The Morgan fingerprint density at radius 3 is 2.32 bits per heavy atom. The highest BCUT2D eigenvalue weighted by atomic mass is 32.1. The van der Waals surface area contributed by atoms with Crippen molar-refractivity contribution in [3.8, 4) is 21.9 Å². The van der Waals surface area contributed by atoms with Gasteiger partial charge in [0.2, 0.25) is 0 Å². The number of carbonyl (C=O) groups is 2. The fourth-order valence-corrected chi connectivity index (χ4v) is 4.33. The van der Waals surface area contributed by atoms with Gasteiger partial charge in [-0.05, 0) is 67.1 Å². The minimum absolute atomic E-state index is 0.0386. The fraction of sp³-hybridized carbons (Fsp3) is 0.0435. The lowest BCUT2D eigenvalue weighted by Crippen LogP contribution is -2.07. The highest BCUT2D eigenvalue weighted by molar-refractivity contribution is 7.22. The van der Waals surface area contributed by atoms with Crippen molar-refractivity contribution in [1.82, 2.24) is 0 Å². The average molecular weight is 388 g/mol. The summed E-state index contributed by atoms with van der Waals surface area (Å²) in [6.45, 7) is 1.54. The summed E-state index contributed by atoms with van der Waals surface area (Å²) in [5.74, 6) is 0.129. The molecule has 0 radical (unpaired) electrons. The number of rotatable bonds is 4. The zero-order chi connectivity index (χ0) is 19.7. The number of ketones is 1. The number of phenolic OH excluding ortho intramolecular Hbond substituents is 1. The second-order valence-electron chi connectivity index (χ2n) is 6.32. The van der Waals surface area contributed by atoms with E-state index in [-0.39, 0.29) is 11.5 Å². The van der Waals surface area contributed by atoms with Crippen LogP contribution >= 0.6 is 11.3 Å². The Kier molecular flexibility index (Phi) is 4.67. The lowest BCUT2D eigenvalue weighted by atomic mass is 10.0. The molecule has 0 aliphatic heterocycles. The molecule has 1 N–H and O–H groups in total. The maximum atomic E-state index is 12.3. The number of aromatic hydroxyl groups is 1. The van der Waals surface area contributed by atoms with Gasteiger partial charge in [-0.3, -0.25) is 4.79 Å². The van der Waals surface area contributed by atoms with Gasteiger partial charge >= 0.3 is 5.97 Å². The molecule has 4 rings (SSSR count). The van der Waals surface area contributed by atoms with Gasteiger partial charge in [-0.2, -0.15) is 0 Å². The molecule has 5 heteroatoms. The van der Waals surface area contributed by atoms with Gasteiger partial charge in [0.15, 0.2) is 5.78 Å². The van der Waals surface area contributed by atoms with E-state index < -0.39 is 5.97 Å². The quantitative estimate of drug-likeness (QED) is 0.277. The van der Waals surface area contributed by atoms with Crippen LogP contribution < -0.4 is 4.74 Å². The smallest absolute Gasteiger partial charge is 0.343 e. The molecule has 3 aromatic carbocycles. The van der Waals surface area contributed by atoms with Crippen molar-refractivity contribution in [3.63, 3.8) is 0 Å². The molecule has 0 aliphatic rings. The Morgan fingerprint density at radius 2 is 1.64 bits per heavy atom. The Labute approximate surface area is 165 Å². The van der Waals surface area contributed by atoms with Crippen LogP contribution in [0.15, 0.2) is 72.8 Å². The van der Waals surface area contributed by atoms with Crippen LogP contribution in [0, 0.1) is 0 Å². The molecule has 0 bridgehead atoms.